The van der Waals surface area contributed by atoms with E-state index in [-0.39, 0.29) is 0 Å². The molecule has 0 aliphatic rings. The van der Waals surface area contributed by atoms with Crippen molar-refractivity contribution < 1.29 is 0 Å². The highest BCUT2D eigenvalue weighted by atomic mass is 35.5. The molecule has 0 unspecified atom stereocenters. The fourth-order valence-corrected chi connectivity index (χ4v) is 7.53. The van der Waals surface area contributed by atoms with E-state index in [9.17, 15) is 0 Å². The lowest BCUT2D eigenvalue weighted by Crippen LogP contribution is -2.10. The number of fused-ring (bicyclic) bond motifs is 6. The van der Waals surface area contributed by atoms with Crippen LogP contribution >= 0.6 is 22.9 Å². The van der Waals surface area contributed by atoms with Gasteiger partial charge >= 0.3 is 0 Å². The fraction of sp³-hybridized carbons (Fsp3) is 0. The number of halogens is 1. The average molecular weight is 562 g/mol. The molecule has 0 radical (unpaired) electrons. The van der Waals surface area contributed by atoms with Gasteiger partial charge < -0.3 is 4.90 Å². The van der Waals surface area contributed by atoms with Crippen LogP contribution in [0.3, 0.4) is 0 Å². The molecule has 0 N–H and O–H groups in total. The van der Waals surface area contributed by atoms with Crippen LogP contribution in [-0.4, -0.2) is 0 Å². The minimum Gasteiger partial charge on any atom is -0.310 e. The van der Waals surface area contributed by atoms with Crippen LogP contribution < -0.4 is 4.90 Å². The second-order valence-corrected chi connectivity index (χ2v) is 11.8. The van der Waals surface area contributed by atoms with Crippen LogP contribution in [0.4, 0.5) is 17.1 Å². The molecule has 1 heterocycles. The quantitative estimate of drug-likeness (QED) is 0.206. The van der Waals surface area contributed by atoms with E-state index in [1.807, 2.05) is 11.3 Å². The van der Waals surface area contributed by atoms with Gasteiger partial charge in [0.25, 0.3) is 0 Å². The summed E-state index contributed by atoms with van der Waals surface area (Å²) in [6.07, 6.45) is 0. The largest absolute Gasteiger partial charge is 0.310 e. The summed E-state index contributed by atoms with van der Waals surface area (Å²) in [5.74, 6) is 0. The topological polar surface area (TPSA) is 3.24 Å². The number of hydrogen-bond acceptors (Lipinski definition) is 2. The molecule has 1 nitrogen and oxygen atoms in total. The van der Waals surface area contributed by atoms with Crippen molar-refractivity contribution in [2.45, 2.75) is 0 Å². The van der Waals surface area contributed by atoms with E-state index in [2.05, 4.69) is 150 Å². The van der Waals surface area contributed by atoms with E-state index in [4.69, 9.17) is 11.6 Å². The number of anilines is 3. The number of thiophene rings is 1. The number of benzene rings is 7. The zero-order chi connectivity index (χ0) is 27.3. The van der Waals surface area contributed by atoms with Crippen LogP contribution in [0.15, 0.2) is 146 Å². The van der Waals surface area contributed by atoms with Crippen molar-refractivity contribution in [3.8, 4) is 11.1 Å². The van der Waals surface area contributed by atoms with E-state index < -0.39 is 0 Å². The van der Waals surface area contributed by atoms with Crippen LogP contribution in [0.5, 0.6) is 0 Å². The Morgan fingerprint density at radius 2 is 1.20 bits per heavy atom. The summed E-state index contributed by atoms with van der Waals surface area (Å²) in [6.45, 7) is 0. The highest BCUT2D eigenvalue weighted by molar-refractivity contribution is 7.26. The fourth-order valence-electron chi connectivity index (χ4n) is 5.95. The van der Waals surface area contributed by atoms with E-state index in [0.717, 1.165) is 22.1 Å². The summed E-state index contributed by atoms with van der Waals surface area (Å²) >= 11 is 8.71. The predicted octanol–water partition coefficient (Wildman–Crippen LogP) is 12.2. The maximum atomic E-state index is 6.89. The lowest BCUT2D eigenvalue weighted by molar-refractivity contribution is 1.31. The van der Waals surface area contributed by atoms with Gasteiger partial charge in [-0.2, -0.15) is 0 Å². The first-order valence-corrected chi connectivity index (χ1v) is 14.9. The number of hydrogen-bond donors (Lipinski definition) is 0. The van der Waals surface area contributed by atoms with Gasteiger partial charge in [0, 0.05) is 36.6 Å². The van der Waals surface area contributed by atoms with E-state index in [1.54, 1.807) is 0 Å². The van der Waals surface area contributed by atoms with Crippen LogP contribution in [0.2, 0.25) is 5.02 Å². The highest BCUT2D eigenvalue weighted by Gasteiger charge is 2.21. The van der Waals surface area contributed by atoms with Crippen molar-refractivity contribution in [2.75, 3.05) is 4.90 Å². The Morgan fingerprint density at radius 1 is 0.488 bits per heavy atom. The standard InChI is InChI=1S/C38H24ClNS/c39-30-23-35(37-34-20-18-27-12-6-7-16-33(27)38(34)41-36(37)24-30)40(32-19-17-26-11-4-5-13-28(26)22-32)31-15-8-14-29(21-31)25-9-2-1-3-10-25/h1-24H. The molecule has 8 rings (SSSR count). The molecule has 194 valence electrons. The van der Waals surface area contributed by atoms with Crippen molar-refractivity contribution in [2.24, 2.45) is 0 Å². The zero-order valence-electron chi connectivity index (χ0n) is 22.1. The molecule has 0 saturated carbocycles. The Bertz CT molecular complexity index is 2230. The Balaban J connectivity index is 1.44. The van der Waals surface area contributed by atoms with Crippen molar-refractivity contribution in [1.29, 1.82) is 0 Å². The van der Waals surface area contributed by atoms with Crippen LogP contribution in [-0.2, 0) is 0 Å². The summed E-state index contributed by atoms with van der Waals surface area (Å²) < 4.78 is 2.47. The molecule has 0 aliphatic carbocycles. The second-order valence-electron chi connectivity index (χ2n) is 10.3. The molecule has 0 atom stereocenters. The maximum Gasteiger partial charge on any atom is 0.0569 e. The minimum absolute atomic E-state index is 0.730. The Hall–Kier alpha value is -4.63. The monoisotopic (exact) mass is 561 g/mol. The van der Waals surface area contributed by atoms with Gasteiger partial charge in [-0.1, -0.05) is 121 Å². The third-order valence-electron chi connectivity index (χ3n) is 7.85. The first kappa shape index (κ1) is 24.2. The van der Waals surface area contributed by atoms with Crippen molar-refractivity contribution in [1.82, 2.24) is 0 Å². The van der Waals surface area contributed by atoms with Crippen molar-refractivity contribution in [3.05, 3.63) is 151 Å². The minimum atomic E-state index is 0.730. The third-order valence-corrected chi connectivity index (χ3v) is 9.25. The van der Waals surface area contributed by atoms with Gasteiger partial charge in [0.1, 0.15) is 0 Å². The smallest absolute Gasteiger partial charge is 0.0569 e. The van der Waals surface area contributed by atoms with Gasteiger partial charge in [0.15, 0.2) is 0 Å². The molecule has 7 aromatic carbocycles. The SMILES string of the molecule is Clc1cc(N(c2cccc(-c3ccccc3)c2)c2ccc3ccccc3c2)c2c(c1)sc1c3ccccc3ccc12. The van der Waals surface area contributed by atoms with Crippen LogP contribution in [0.25, 0.3) is 52.8 Å². The van der Waals surface area contributed by atoms with Gasteiger partial charge in [-0.25, -0.2) is 0 Å². The molecule has 1 aromatic heterocycles. The van der Waals surface area contributed by atoms with Gasteiger partial charge in [0.05, 0.1) is 5.69 Å². The molecular formula is C38H24ClNS. The lowest BCUT2D eigenvalue weighted by Gasteiger charge is -2.27. The normalized spacial score (nSPS) is 11.5. The molecule has 0 bridgehead atoms. The molecular weight excluding hydrogens is 538 g/mol. The molecule has 0 spiro atoms. The first-order chi connectivity index (χ1) is 20.2. The summed E-state index contributed by atoms with van der Waals surface area (Å²) in [5.41, 5.74) is 5.63. The Morgan fingerprint density at radius 3 is 2.07 bits per heavy atom. The Kier molecular flexibility index (Phi) is 5.77. The average Bonchev–Trinajstić information content (AvgIpc) is 3.40. The Labute approximate surface area is 247 Å². The van der Waals surface area contributed by atoms with Gasteiger partial charge in [-0.3, -0.25) is 0 Å². The first-order valence-electron chi connectivity index (χ1n) is 13.7. The van der Waals surface area contributed by atoms with Crippen LogP contribution in [0.1, 0.15) is 0 Å². The summed E-state index contributed by atoms with van der Waals surface area (Å²) in [6, 6.07) is 51.9. The van der Waals surface area contributed by atoms with Crippen molar-refractivity contribution >= 4 is 81.7 Å². The van der Waals surface area contributed by atoms with Gasteiger partial charge in [-0.05, 0) is 69.1 Å². The number of nitrogens with zero attached hydrogens (tertiary/aromatic N) is 1. The molecule has 0 fully saturated rings. The lowest BCUT2D eigenvalue weighted by atomic mass is 10.0. The molecule has 3 heteroatoms. The van der Waals surface area contributed by atoms with E-state index >= 15 is 0 Å². The molecule has 0 amide bonds. The van der Waals surface area contributed by atoms with Crippen LogP contribution in [0, 0.1) is 0 Å². The highest BCUT2D eigenvalue weighted by Crippen LogP contribution is 2.48. The number of rotatable bonds is 4. The van der Waals surface area contributed by atoms with Gasteiger partial charge in [-0.15, -0.1) is 11.3 Å². The predicted molar refractivity (Wildman–Crippen MR) is 179 cm³/mol. The van der Waals surface area contributed by atoms with E-state index in [0.29, 0.717) is 0 Å². The zero-order valence-corrected chi connectivity index (χ0v) is 23.7. The van der Waals surface area contributed by atoms with Gasteiger partial charge in [0.2, 0.25) is 0 Å². The maximum absolute atomic E-state index is 6.89. The third kappa shape index (κ3) is 4.15. The summed E-state index contributed by atoms with van der Waals surface area (Å²) in [4.78, 5) is 2.37. The summed E-state index contributed by atoms with van der Waals surface area (Å²) in [7, 11) is 0. The van der Waals surface area contributed by atoms with Crippen molar-refractivity contribution in [3.63, 3.8) is 0 Å². The summed E-state index contributed by atoms with van der Waals surface area (Å²) in [5, 5.41) is 8.15. The second kappa shape index (κ2) is 9.78. The molecule has 8 aromatic rings. The molecule has 41 heavy (non-hydrogen) atoms. The molecule has 0 saturated heterocycles. The molecule has 0 aliphatic heterocycles. The van der Waals surface area contributed by atoms with E-state index in [1.165, 1.54) is 52.8 Å².